The van der Waals surface area contributed by atoms with E-state index in [2.05, 4.69) is 11.8 Å². The molecule has 1 saturated heterocycles. The molecule has 3 heterocycles. The minimum absolute atomic E-state index is 0.132. The summed E-state index contributed by atoms with van der Waals surface area (Å²) < 4.78 is 0. The average Bonchev–Trinajstić information content (AvgIpc) is 3.19. The second-order valence-corrected chi connectivity index (χ2v) is 8.35. The maximum absolute atomic E-state index is 13.3. The molecule has 9 heteroatoms. The van der Waals surface area contributed by atoms with Crippen molar-refractivity contribution in [3.05, 3.63) is 45.7 Å². The highest BCUT2D eigenvalue weighted by Gasteiger charge is 2.54. The van der Waals surface area contributed by atoms with Gasteiger partial charge in [-0.1, -0.05) is 42.6 Å². The van der Waals surface area contributed by atoms with Gasteiger partial charge in [0.2, 0.25) is 5.96 Å². The molecule has 3 amide bonds. The number of amides is 3. The number of aliphatic imine (C=N–C) groups is 1. The summed E-state index contributed by atoms with van der Waals surface area (Å²) in [4.78, 5) is 37.8. The molecule has 2 atom stereocenters. The molecule has 3 aliphatic heterocycles. The number of unbranched alkanes of at least 4 members (excludes halogenated alkanes) is 1. The smallest absolute Gasteiger partial charge is 0.315 e. The molecular weight excluding hydrogens is 413 g/mol. The zero-order chi connectivity index (χ0) is 20.9. The van der Waals surface area contributed by atoms with Crippen molar-refractivity contribution in [2.45, 2.75) is 45.4 Å². The second kappa shape index (κ2) is 7.54. The van der Waals surface area contributed by atoms with E-state index < -0.39 is 12.2 Å². The van der Waals surface area contributed by atoms with E-state index in [0.717, 1.165) is 36.6 Å². The van der Waals surface area contributed by atoms with Crippen molar-refractivity contribution in [3.8, 4) is 0 Å². The van der Waals surface area contributed by atoms with E-state index >= 15 is 0 Å². The highest BCUT2D eigenvalue weighted by Crippen LogP contribution is 2.34. The van der Waals surface area contributed by atoms with Gasteiger partial charge in [-0.05, 0) is 31.0 Å². The first-order valence-electron chi connectivity index (χ1n) is 9.67. The van der Waals surface area contributed by atoms with Crippen LogP contribution >= 0.6 is 23.2 Å². The Balaban J connectivity index is 1.61. The van der Waals surface area contributed by atoms with Gasteiger partial charge in [-0.25, -0.2) is 9.79 Å². The third-order valence-electron chi connectivity index (χ3n) is 5.56. The highest BCUT2D eigenvalue weighted by molar-refractivity contribution is 6.42. The largest absolute Gasteiger partial charge is 0.328 e. The van der Waals surface area contributed by atoms with Crippen LogP contribution in [0.4, 0.5) is 4.79 Å². The van der Waals surface area contributed by atoms with Crippen LogP contribution in [0.3, 0.4) is 0 Å². The Labute approximate surface area is 180 Å². The number of urea groups is 1. The number of hydrogen-bond acceptors (Lipinski definition) is 5. The number of hydrogen-bond donors (Lipinski definition) is 0. The Morgan fingerprint density at radius 3 is 2.59 bits per heavy atom. The number of carbonyl (C=O) groups excluding carboxylic acids is 2. The number of guanidine groups is 1. The summed E-state index contributed by atoms with van der Waals surface area (Å²) in [7, 11) is 1.69. The van der Waals surface area contributed by atoms with Crippen LogP contribution < -0.4 is 0 Å². The van der Waals surface area contributed by atoms with Crippen molar-refractivity contribution in [1.82, 2.24) is 19.6 Å². The van der Waals surface area contributed by atoms with E-state index in [-0.39, 0.29) is 18.5 Å². The van der Waals surface area contributed by atoms with Crippen molar-refractivity contribution in [3.63, 3.8) is 0 Å². The van der Waals surface area contributed by atoms with Gasteiger partial charge >= 0.3 is 6.03 Å². The van der Waals surface area contributed by atoms with E-state index in [0.29, 0.717) is 10.0 Å². The number of rotatable bonds is 5. The lowest BCUT2D eigenvalue weighted by Gasteiger charge is -2.40. The SMILES string of the molecule is CCCCN1C(C)=CN2C1=NC1C2C(=O)N(Cc2ccc(Cl)c(Cl)c2)C(=O)N1C. The van der Waals surface area contributed by atoms with E-state index in [1.807, 2.05) is 18.0 Å². The number of benzene rings is 1. The Morgan fingerprint density at radius 1 is 1.14 bits per heavy atom. The van der Waals surface area contributed by atoms with Crippen LogP contribution in [0.5, 0.6) is 0 Å². The fourth-order valence-electron chi connectivity index (χ4n) is 3.96. The van der Waals surface area contributed by atoms with Gasteiger partial charge in [0.1, 0.15) is 0 Å². The van der Waals surface area contributed by atoms with E-state index in [9.17, 15) is 9.59 Å². The lowest BCUT2D eigenvalue weighted by molar-refractivity contribution is -0.137. The number of carbonyl (C=O) groups is 2. The van der Waals surface area contributed by atoms with Gasteiger partial charge in [-0.15, -0.1) is 0 Å². The summed E-state index contributed by atoms with van der Waals surface area (Å²) in [5.41, 5.74) is 1.80. The maximum Gasteiger partial charge on any atom is 0.328 e. The molecule has 0 saturated carbocycles. The van der Waals surface area contributed by atoms with Gasteiger partial charge in [0, 0.05) is 25.5 Å². The fraction of sp³-hybridized carbons (Fsp3) is 0.450. The van der Waals surface area contributed by atoms with Gasteiger partial charge in [-0.2, -0.15) is 0 Å². The summed E-state index contributed by atoms with van der Waals surface area (Å²) >= 11 is 12.1. The molecule has 1 fully saturated rings. The molecule has 0 spiro atoms. The molecule has 0 bridgehead atoms. The lowest BCUT2D eigenvalue weighted by Crippen LogP contribution is -2.63. The molecule has 3 aliphatic rings. The normalized spacial score (nSPS) is 23.5. The minimum atomic E-state index is -0.558. The van der Waals surface area contributed by atoms with Crippen LogP contribution in [-0.2, 0) is 11.3 Å². The number of fused-ring (bicyclic) bond motifs is 3. The molecule has 0 aliphatic carbocycles. The van der Waals surface area contributed by atoms with Crippen molar-refractivity contribution in [2.75, 3.05) is 13.6 Å². The van der Waals surface area contributed by atoms with Crippen LogP contribution in [-0.4, -0.2) is 63.3 Å². The Hall–Kier alpha value is -2.25. The van der Waals surface area contributed by atoms with Gasteiger partial charge in [0.15, 0.2) is 12.2 Å². The quantitative estimate of drug-likeness (QED) is 0.706. The van der Waals surface area contributed by atoms with Crippen LogP contribution in [0.15, 0.2) is 35.1 Å². The summed E-state index contributed by atoms with van der Waals surface area (Å²) in [6, 6.07) is 4.19. The topological polar surface area (TPSA) is 59.5 Å². The van der Waals surface area contributed by atoms with Gasteiger partial charge in [0.25, 0.3) is 5.91 Å². The van der Waals surface area contributed by atoms with Crippen molar-refractivity contribution < 1.29 is 9.59 Å². The van der Waals surface area contributed by atoms with Crippen molar-refractivity contribution in [1.29, 1.82) is 0 Å². The highest BCUT2D eigenvalue weighted by atomic mass is 35.5. The third-order valence-corrected chi connectivity index (χ3v) is 6.30. The molecule has 29 heavy (non-hydrogen) atoms. The summed E-state index contributed by atoms with van der Waals surface area (Å²) in [6.07, 6.45) is 3.53. The summed E-state index contributed by atoms with van der Waals surface area (Å²) in [6.45, 7) is 5.13. The molecule has 0 radical (unpaired) electrons. The van der Waals surface area contributed by atoms with Gasteiger partial charge < -0.3 is 14.7 Å². The van der Waals surface area contributed by atoms with Crippen LogP contribution in [0.25, 0.3) is 0 Å². The lowest BCUT2D eigenvalue weighted by atomic mass is 10.1. The van der Waals surface area contributed by atoms with E-state index in [1.165, 1.54) is 9.80 Å². The van der Waals surface area contributed by atoms with Crippen molar-refractivity contribution >= 4 is 41.1 Å². The molecule has 1 aromatic carbocycles. The van der Waals surface area contributed by atoms with Gasteiger partial charge in [-0.3, -0.25) is 9.69 Å². The number of halogens is 2. The maximum atomic E-state index is 13.3. The Kier molecular flexibility index (Phi) is 5.21. The predicted molar refractivity (Wildman–Crippen MR) is 112 cm³/mol. The first-order chi connectivity index (χ1) is 13.8. The van der Waals surface area contributed by atoms with Gasteiger partial charge in [0.05, 0.1) is 16.6 Å². The molecule has 4 rings (SSSR count). The predicted octanol–water partition coefficient (Wildman–Crippen LogP) is 3.73. The van der Waals surface area contributed by atoms with Crippen LogP contribution in [0.1, 0.15) is 32.3 Å². The first-order valence-corrected chi connectivity index (χ1v) is 10.4. The molecule has 0 aromatic heterocycles. The fourth-order valence-corrected chi connectivity index (χ4v) is 4.28. The standard InChI is InChI=1S/C20H23Cl2N5O2/c1-4-5-8-25-12(2)10-26-16-17(23-19(25)26)24(3)20(29)27(18(16)28)11-13-6-7-14(21)15(22)9-13/h6-7,9-10,16-17H,4-5,8,11H2,1-3H3. The van der Waals surface area contributed by atoms with E-state index in [1.54, 1.807) is 25.2 Å². The van der Waals surface area contributed by atoms with Crippen LogP contribution in [0, 0.1) is 0 Å². The summed E-state index contributed by atoms with van der Waals surface area (Å²) in [5.74, 6) is 0.486. The zero-order valence-electron chi connectivity index (χ0n) is 16.6. The first kappa shape index (κ1) is 20.0. The molecule has 0 N–H and O–H groups in total. The molecule has 2 unspecified atom stereocenters. The Morgan fingerprint density at radius 2 is 1.90 bits per heavy atom. The number of imide groups is 1. The molecule has 7 nitrogen and oxygen atoms in total. The molecular formula is C20H23Cl2N5O2. The van der Waals surface area contributed by atoms with E-state index in [4.69, 9.17) is 28.2 Å². The monoisotopic (exact) mass is 435 g/mol. The zero-order valence-corrected chi connectivity index (χ0v) is 18.1. The average molecular weight is 436 g/mol. The van der Waals surface area contributed by atoms with Crippen molar-refractivity contribution in [2.24, 2.45) is 4.99 Å². The third kappa shape index (κ3) is 3.26. The second-order valence-electron chi connectivity index (χ2n) is 7.54. The number of nitrogens with zero attached hydrogens (tertiary/aromatic N) is 5. The van der Waals surface area contributed by atoms with Crippen LogP contribution in [0.2, 0.25) is 10.0 Å². The summed E-state index contributed by atoms with van der Waals surface area (Å²) in [5, 5.41) is 0.825. The number of allylic oxidation sites excluding steroid dienone is 1. The molecule has 154 valence electrons. The Bertz CT molecular complexity index is 931. The molecule has 1 aromatic rings. The number of likely N-dealkylation sites (N-methyl/N-ethyl adjacent to an activating group) is 1. The minimum Gasteiger partial charge on any atom is -0.315 e.